The van der Waals surface area contributed by atoms with Crippen molar-refractivity contribution in [1.29, 1.82) is 0 Å². The third-order valence-corrected chi connectivity index (χ3v) is 5.01. The number of anilines is 1. The number of non-ortho nitro benzene ring substituents is 1. The number of Topliss-reactive ketones (excluding diaryl/α,β-unsaturated/α-hetero) is 1. The number of ketones is 1. The van der Waals surface area contributed by atoms with Crippen molar-refractivity contribution in [3.05, 3.63) is 69.8 Å². The zero-order valence-corrected chi connectivity index (χ0v) is 15.3. The normalized spacial score (nSPS) is 20.7. The predicted octanol–water partition coefficient (Wildman–Crippen LogP) is 2.62. The van der Waals surface area contributed by atoms with E-state index in [0.717, 1.165) is 4.90 Å². The average Bonchev–Trinajstić information content (AvgIpc) is 3.23. The predicted molar refractivity (Wildman–Crippen MR) is 102 cm³/mol. The second-order valence-corrected chi connectivity index (χ2v) is 6.92. The highest BCUT2D eigenvalue weighted by Crippen LogP contribution is 2.39. The number of hydrogen-bond acceptors (Lipinski definition) is 7. The first kappa shape index (κ1) is 18.5. The van der Waals surface area contributed by atoms with Crippen LogP contribution >= 0.6 is 0 Å². The van der Waals surface area contributed by atoms with E-state index >= 15 is 0 Å². The van der Waals surface area contributed by atoms with Gasteiger partial charge < -0.3 is 4.84 Å². The lowest BCUT2D eigenvalue weighted by atomic mass is 9.92. The molecule has 9 heteroatoms. The van der Waals surface area contributed by atoms with Crippen LogP contribution in [0.5, 0.6) is 0 Å². The molecule has 2 aliphatic rings. The Morgan fingerprint density at radius 2 is 1.76 bits per heavy atom. The lowest BCUT2D eigenvalue weighted by Crippen LogP contribution is -2.40. The van der Waals surface area contributed by atoms with Gasteiger partial charge in [-0.1, -0.05) is 5.16 Å². The summed E-state index contributed by atoms with van der Waals surface area (Å²) in [5.74, 6) is -1.07. The van der Waals surface area contributed by atoms with E-state index in [9.17, 15) is 24.5 Å². The Morgan fingerprint density at radius 3 is 2.34 bits per heavy atom. The number of hydrogen-bond donors (Lipinski definition) is 0. The summed E-state index contributed by atoms with van der Waals surface area (Å²) in [6.07, 6.45) is -0.0856. The minimum absolute atomic E-state index is 0.0599. The van der Waals surface area contributed by atoms with E-state index in [1.54, 1.807) is 24.3 Å². The number of benzene rings is 2. The fourth-order valence-corrected chi connectivity index (χ4v) is 3.44. The molecular formula is C20H15N3O6. The first-order valence-corrected chi connectivity index (χ1v) is 8.79. The van der Waals surface area contributed by atoms with Crippen molar-refractivity contribution in [3.63, 3.8) is 0 Å². The van der Waals surface area contributed by atoms with E-state index in [-0.39, 0.29) is 24.3 Å². The first-order valence-electron chi connectivity index (χ1n) is 8.79. The molecule has 2 heterocycles. The summed E-state index contributed by atoms with van der Waals surface area (Å²) >= 11 is 0. The summed E-state index contributed by atoms with van der Waals surface area (Å²) in [6.45, 7) is 1.43. The number of carbonyl (C=O) groups excluding carboxylic acids is 3. The monoisotopic (exact) mass is 393 g/mol. The molecule has 1 unspecified atom stereocenters. The maximum Gasteiger partial charge on any atom is 0.281 e. The fraction of sp³-hybridized carbons (Fsp3) is 0.200. The molecule has 2 aromatic carbocycles. The summed E-state index contributed by atoms with van der Waals surface area (Å²) in [5, 5.41) is 14.8. The smallest absolute Gasteiger partial charge is 0.281 e. The lowest BCUT2D eigenvalue weighted by Gasteiger charge is -2.19. The van der Waals surface area contributed by atoms with Gasteiger partial charge >= 0.3 is 0 Å². The van der Waals surface area contributed by atoms with Crippen molar-refractivity contribution in [3.8, 4) is 0 Å². The minimum atomic E-state index is -1.42. The molecule has 0 aliphatic carbocycles. The highest BCUT2D eigenvalue weighted by atomic mass is 16.7. The Labute approximate surface area is 164 Å². The van der Waals surface area contributed by atoms with Gasteiger partial charge in [0, 0.05) is 24.1 Å². The number of carbonyl (C=O) groups is 3. The lowest BCUT2D eigenvalue weighted by molar-refractivity contribution is -0.384. The van der Waals surface area contributed by atoms with E-state index in [2.05, 4.69) is 5.16 Å². The SMILES string of the molecule is CC(=O)c1ccc(N2C(=O)CC3(CC(c4ccc([N+](=O)[O-])cc4)=NO3)C2=O)cc1. The van der Waals surface area contributed by atoms with Crippen molar-refractivity contribution in [2.24, 2.45) is 5.16 Å². The average molecular weight is 393 g/mol. The van der Waals surface area contributed by atoms with Crippen molar-refractivity contribution in [1.82, 2.24) is 0 Å². The molecule has 0 saturated carbocycles. The van der Waals surface area contributed by atoms with Crippen LogP contribution in [0.25, 0.3) is 0 Å². The largest absolute Gasteiger partial charge is 0.378 e. The van der Waals surface area contributed by atoms with E-state index in [1.807, 2.05) is 0 Å². The van der Waals surface area contributed by atoms with Gasteiger partial charge in [-0.15, -0.1) is 0 Å². The topological polar surface area (TPSA) is 119 Å². The Morgan fingerprint density at radius 1 is 1.10 bits per heavy atom. The zero-order valence-electron chi connectivity index (χ0n) is 15.3. The van der Waals surface area contributed by atoms with Gasteiger partial charge in [-0.3, -0.25) is 24.5 Å². The van der Waals surface area contributed by atoms with Crippen molar-refractivity contribution >= 4 is 34.7 Å². The van der Waals surface area contributed by atoms with Crippen molar-refractivity contribution in [2.45, 2.75) is 25.4 Å². The molecule has 1 saturated heterocycles. The minimum Gasteiger partial charge on any atom is -0.378 e. The Hall–Kier alpha value is -3.88. The highest BCUT2D eigenvalue weighted by molar-refractivity contribution is 6.25. The van der Waals surface area contributed by atoms with Crippen molar-refractivity contribution < 1.29 is 24.1 Å². The van der Waals surface area contributed by atoms with E-state index < -0.39 is 22.3 Å². The molecule has 1 fully saturated rings. The van der Waals surface area contributed by atoms with Gasteiger partial charge in [0.2, 0.25) is 11.5 Å². The number of imide groups is 1. The molecule has 9 nitrogen and oxygen atoms in total. The van der Waals surface area contributed by atoms with Crippen LogP contribution < -0.4 is 4.90 Å². The maximum absolute atomic E-state index is 13.0. The highest BCUT2D eigenvalue weighted by Gasteiger charge is 2.58. The molecule has 1 atom stereocenters. The Kier molecular flexibility index (Phi) is 4.22. The standard InChI is InChI=1S/C20H15N3O6/c1-12(24)13-2-6-15(7-3-13)22-18(25)11-20(19(22)26)10-17(21-29-20)14-4-8-16(9-5-14)23(27)28/h2-9H,10-11H2,1H3. The quantitative estimate of drug-likeness (QED) is 0.341. The van der Waals surface area contributed by atoms with Gasteiger partial charge in [-0.2, -0.15) is 0 Å². The molecule has 2 aliphatic heterocycles. The van der Waals surface area contributed by atoms with Crippen LogP contribution in [0.3, 0.4) is 0 Å². The van der Waals surface area contributed by atoms with Crippen LogP contribution in [-0.4, -0.2) is 33.8 Å². The number of nitro groups is 1. The van der Waals surface area contributed by atoms with Crippen LogP contribution in [0, 0.1) is 10.1 Å². The second-order valence-electron chi connectivity index (χ2n) is 6.92. The maximum atomic E-state index is 13.0. The molecular weight excluding hydrogens is 378 g/mol. The molecule has 0 bridgehead atoms. The number of oxime groups is 1. The first-order chi connectivity index (χ1) is 13.8. The van der Waals surface area contributed by atoms with E-state index in [4.69, 9.17) is 4.84 Å². The van der Waals surface area contributed by atoms with Gasteiger partial charge in [0.15, 0.2) is 5.78 Å². The van der Waals surface area contributed by atoms with Gasteiger partial charge in [-0.05, 0) is 48.9 Å². The Balaban J connectivity index is 1.56. The molecule has 4 rings (SSSR count). The molecule has 29 heavy (non-hydrogen) atoms. The van der Waals surface area contributed by atoms with Gasteiger partial charge in [0.25, 0.3) is 11.6 Å². The number of rotatable bonds is 4. The summed E-state index contributed by atoms with van der Waals surface area (Å²) in [6, 6.07) is 11.9. The van der Waals surface area contributed by atoms with Gasteiger partial charge in [0.05, 0.1) is 22.7 Å². The second kappa shape index (κ2) is 6.62. The number of nitro benzene ring substituents is 1. The molecule has 0 radical (unpaired) electrons. The summed E-state index contributed by atoms with van der Waals surface area (Å²) in [7, 11) is 0. The fourth-order valence-electron chi connectivity index (χ4n) is 3.44. The third-order valence-electron chi connectivity index (χ3n) is 5.01. The van der Waals surface area contributed by atoms with E-state index in [1.165, 1.54) is 31.2 Å². The van der Waals surface area contributed by atoms with E-state index in [0.29, 0.717) is 22.5 Å². The zero-order chi connectivity index (χ0) is 20.8. The van der Waals surface area contributed by atoms with Crippen LogP contribution in [0.1, 0.15) is 35.7 Å². The van der Waals surface area contributed by atoms with Crippen LogP contribution in [-0.2, 0) is 14.4 Å². The summed E-state index contributed by atoms with van der Waals surface area (Å²) in [5.41, 5.74) is 0.368. The van der Waals surface area contributed by atoms with Gasteiger partial charge in [0.1, 0.15) is 0 Å². The third kappa shape index (κ3) is 3.06. The van der Waals surface area contributed by atoms with Crippen LogP contribution in [0.15, 0.2) is 53.7 Å². The molecule has 146 valence electrons. The molecule has 0 N–H and O–H groups in total. The number of amides is 2. The molecule has 0 aromatic heterocycles. The van der Waals surface area contributed by atoms with Crippen molar-refractivity contribution in [2.75, 3.05) is 4.90 Å². The summed E-state index contributed by atoms with van der Waals surface area (Å²) in [4.78, 5) is 53.8. The molecule has 2 amide bonds. The van der Waals surface area contributed by atoms with Crippen LogP contribution in [0.2, 0.25) is 0 Å². The molecule has 1 spiro atoms. The van der Waals surface area contributed by atoms with Gasteiger partial charge in [-0.25, -0.2) is 4.90 Å². The Bertz CT molecular complexity index is 1070. The van der Waals surface area contributed by atoms with Crippen LogP contribution in [0.4, 0.5) is 11.4 Å². The molecule has 2 aromatic rings. The summed E-state index contributed by atoms with van der Waals surface area (Å²) < 4.78 is 0. The number of nitrogens with zero attached hydrogens (tertiary/aromatic N) is 3.